The van der Waals surface area contributed by atoms with Crippen molar-refractivity contribution in [1.82, 2.24) is 19.4 Å². The van der Waals surface area contributed by atoms with Gasteiger partial charge in [0.05, 0.1) is 18.9 Å². The highest BCUT2D eigenvalue weighted by Gasteiger charge is 2.30. The van der Waals surface area contributed by atoms with Crippen LogP contribution in [0.1, 0.15) is 28.9 Å². The Morgan fingerprint density at radius 2 is 2.08 bits per heavy atom. The van der Waals surface area contributed by atoms with E-state index in [-0.39, 0.29) is 24.3 Å². The van der Waals surface area contributed by atoms with Gasteiger partial charge >= 0.3 is 0 Å². The molecule has 10 heteroatoms. The van der Waals surface area contributed by atoms with E-state index in [0.717, 1.165) is 5.56 Å². The lowest BCUT2D eigenvalue weighted by Crippen LogP contribution is -2.47. The lowest BCUT2D eigenvalue weighted by atomic mass is 10.1. The Morgan fingerprint density at radius 1 is 1.36 bits per heavy atom. The number of carbonyl (C=O) groups excluding carboxylic acids is 1. The minimum Gasteiger partial charge on any atom is -0.476 e. The van der Waals surface area contributed by atoms with E-state index in [9.17, 15) is 13.2 Å². The molecule has 0 radical (unpaired) electrons. The Morgan fingerprint density at radius 3 is 2.72 bits per heavy atom. The quantitative estimate of drug-likeness (QED) is 0.739. The monoisotopic (exact) mass is 372 g/mol. The third kappa shape index (κ3) is 3.80. The minimum absolute atomic E-state index is 0.0140. The predicted octanol–water partition coefficient (Wildman–Crippen LogP) is -0.246. The van der Waals surface area contributed by atoms with Crippen LogP contribution >= 0.6 is 0 Å². The normalized spacial score (nSPS) is 18.8. The number of nitrogens with one attached hydrogen (secondary N) is 1. The second kappa shape index (κ2) is 7.30. The number of methoxy groups -OCH3 is 1. The summed E-state index contributed by atoms with van der Waals surface area (Å²) in [6, 6.07) is -0.0572. The maximum Gasteiger partial charge on any atom is 0.272 e. The van der Waals surface area contributed by atoms with Crippen molar-refractivity contribution in [2.24, 2.45) is 0 Å². The molecule has 2 aliphatic rings. The van der Waals surface area contributed by atoms with Crippen LogP contribution in [0.3, 0.4) is 0 Å². The molecule has 1 N–H and O–H groups in total. The van der Waals surface area contributed by atoms with Gasteiger partial charge in [-0.15, -0.1) is 0 Å². The van der Waals surface area contributed by atoms with Crippen molar-refractivity contribution in [2.75, 3.05) is 39.2 Å². The molecule has 0 spiro atoms. The van der Waals surface area contributed by atoms with Crippen LogP contribution in [-0.2, 0) is 21.3 Å². The van der Waals surface area contributed by atoms with Crippen LogP contribution in [0.4, 0.5) is 0 Å². The summed E-state index contributed by atoms with van der Waals surface area (Å²) in [5, 5.41) is 7.27. The van der Waals surface area contributed by atoms with Crippen molar-refractivity contribution in [1.29, 1.82) is 0 Å². The summed E-state index contributed by atoms with van der Waals surface area (Å²) < 4.78 is 37.8. The van der Waals surface area contributed by atoms with Crippen molar-refractivity contribution < 1.29 is 22.7 Å². The zero-order chi connectivity index (χ0) is 18.0. The summed E-state index contributed by atoms with van der Waals surface area (Å²) in [5.41, 5.74) is 1.12. The van der Waals surface area contributed by atoms with Crippen LogP contribution in [-0.4, -0.2) is 73.6 Å². The van der Waals surface area contributed by atoms with E-state index in [0.29, 0.717) is 50.7 Å². The van der Waals surface area contributed by atoms with Crippen molar-refractivity contribution >= 4 is 15.9 Å². The Labute approximate surface area is 147 Å². The average molecular weight is 372 g/mol. The number of ether oxygens (including phenoxy) is 2. The van der Waals surface area contributed by atoms with Crippen molar-refractivity contribution in [2.45, 2.75) is 32.4 Å². The molecule has 0 saturated carbocycles. The molecule has 0 aliphatic carbocycles. The fourth-order valence-electron chi connectivity index (χ4n) is 3.16. The molecule has 3 rings (SSSR count). The first-order chi connectivity index (χ1) is 11.9. The molecule has 2 aliphatic heterocycles. The van der Waals surface area contributed by atoms with E-state index in [1.807, 2.05) is 6.92 Å². The van der Waals surface area contributed by atoms with Crippen molar-refractivity contribution in [3.63, 3.8) is 0 Å². The Hall–Kier alpha value is -1.65. The molecule has 1 fully saturated rings. The standard InChI is InChI=1S/C15H24N4O5S/c1-11-13(17-19-7-8-24-15(11)19)14(20)16-12-3-5-18(6-4-12)25(21,22)10-9-23-2/h12H,3-10H2,1-2H3,(H,16,20). The number of sulfonamides is 1. The molecule has 0 atom stereocenters. The summed E-state index contributed by atoms with van der Waals surface area (Å²) in [6.07, 6.45) is 1.17. The van der Waals surface area contributed by atoms with Crippen molar-refractivity contribution in [3.05, 3.63) is 11.3 Å². The highest BCUT2D eigenvalue weighted by Crippen LogP contribution is 2.25. The van der Waals surface area contributed by atoms with E-state index in [1.54, 1.807) is 4.68 Å². The first-order valence-corrected chi connectivity index (χ1v) is 10.0. The van der Waals surface area contributed by atoms with Crippen LogP contribution < -0.4 is 10.1 Å². The van der Waals surface area contributed by atoms with Gasteiger partial charge in [-0.1, -0.05) is 0 Å². The van der Waals surface area contributed by atoms with Gasteiger partial charge in [-0.2, -0.15) is 5.10 Å². The first kappa shape index (κ1) is 18.2. The van der Waals surface area contributed by atoms with Gasteiger partial charge in [0, 0.05) is 31.8 Å². The van der Waals surface area contributed by atoms with Gasteiger partial charge in [-0.25, -0.2) is 17.4 Å². The molecule has 0 unspecified atom stereocenters. The highest BCUT2D eigenvalue weighted by atomic mass is 32.2. The SMILES string of the molecule is COCCS(=O)(=O)N1CCC(NC(=O)c2nn3c(c2C)OCC3)CC1. The van der Waals surface area contributed by atoms with Crippen LogP contribution in [0, 0.1) is 6.92 Å². The van der Waals surface area contributed by atoms with E-state index < -0.39 is 10.0 Å². The maximum atomic E-state index is 12.5. The van der Waals surface area contributed by atoms with Gasteiger partial charge in [-0.05, 0) is 19.8 Å². The first-order valence-electron chi connectivity index (χ1n) is 8.40. The second-order valence-electron chi connectivity index (χ2n) is 6.31. The lowest BCUT2D eigenvalue weighted by Gasteiger charge is -2.31. The molecule has 3 heterocycles. The van der Waals surface area contributed by atoms with Crippen LogP contribution in [0.5, 0.6) is 5.88 Å². The van der Waals surface area contributed by atoms with E-state index in [4.69, 9.17) is 9.47 Å². The molecular weight excluding hydrogens is 348 g/mol. The molecule has 9 nitrogen and oxygen atoms in total. The summed E-state index contributed by atoms with van der Waals surface area (Å²) in [6.45, 7) is 4.05. The van der Waals surface area contributed by atoms with Crippen LogP contribution in [0.25, 0.3) is 0 Å². The predicted molar refractivity (Wildman–Crippen MR) is 90.2 cm³/mol. The molecule has 0 aromatic carbocycles. The topological polar surface area (TPSA) is 103 Å². The van der Waals surface area contributed by atoms with E-state index in [1.165, 1.54) is 11.4 Å². The minimum atomic E-state index is -3.29. The van der Waals surface area contributed by atoms with Gasteiger partial charge in [0.25, 0.3) is 5.91 Å². The van der Waals surface area contributed by atoms with Gasteiger partial charge in [-0.3, -0.25) is 4.79 Å². The maximum absolute atomic E-state index is 12.5. The molecule has 1 aromatic rings. The fraction of sp³-hybridized carbons (Fsp3) is 0.733. The second-order valence-corrected chi connectivity index (χ2v) is 8.39. The molecule has 1 saturated heterocycles. The average Bonchev–Trinajstić information content (AvgIpc) is 3.17. The summed E-state index contributed by atoms with van der Waals surface area (Å²) in [4.78, 5) is 12.5. The number of hydrogen-bond acceptors (Lipinski definition) is 6. The third-order valence-electron chi connectivity index (χ3n) is 4.62. The summed E-state index contributed by atoms with van der Waals surface area (Å²) in [7, 11) is -1.81. The third-order valence-corrected chi connectivity index (χ3v) is 6.45. The zero-order valence-electron chi connectivity index (χ0n) is 14.5. The Balaban J connectivity index is 1.55. The van der Waals surface area contributed by atoms with Gasteiger partial charge in [0.1, 0.15) is 6.61 Å². The van der Waals surface area contributed by atoms with E-state index in [2.05, 4.69) is 10.4 Å². The fourth-order valence-corrected chi connectivity index (χ4v) is 4.57. The number of aromatic nitrogens is 2. The summed E-state index contributed by atoms with van der Waals surface area (Å²) in [5.74, 6) is 0.410. The molecule has 0 bridgehead atoms. The van der Waals surface area contributed by atoms with Gasteiger partial charge in [0.15, 0.2) is 5.69 Å². The zero-order valence-corrected chi connectivity index (χ0v) is 15.3. The van der Waals surface area contributed by atoms with E-state index >= 15 is 0 Å². The van der Waals surface area contributed by atoms with Crippen LogP contribution in [0.2, 0.25) is 0 Å². The molecule has 140 valence electrons. The Bertz CT molecular complexity index is 737. The van der Waals surface area contributed by atoms with Crippen LogP contribution in [0.15, 0.2) is 0 Å². The number of hydrogen-bond donors (Lipinski definition) is 1. The number of amides is 1. The largest absolute Gasteiger partial charge is 0.476 e. The number of fused-ring (bicyclic) bond motifs is 1. The lowest BCUT2D eigenvalue weighted by molar-refractivity contribution is 0.0917. The van der Waals surface area contributed by atoms with Gasteiger partial charge < -0.3 is 14.8 Å². The smallest absolute Gasteiger partial charge is 0.272 e. The number of nitrogens with zero attached hydrogens (tertiary/aromatic N) is 3. The summed E-state index contributed by atoms with van der Waals surface area (Å²) >= 11 is 0. The molecular formula is C15H24N4O5S. The Kier molecular flexibility index (Phi) is 5.30. The van der Waals surface area contributed by atoms with Crippen molar-refractivity contribution in [3.8, 4) is 5.88 Å². The number of piperidine rings is 1. The highest BCUT2D eigenvalue weighted by molar-refractivity contribution is 7.89. The number of rotatable bonds is 6. The molecule has 25 heavy (non-hydrogen) atoms. The van der Waals surface area contributed by atoms with Gasteiger partial charge in [0.2, 0.25) is 15.9 Å². The molecule has 1 amide bonds. The molecule has 1 aromatic heterocycles. The number of carbonyl (C=O) groups is 1.